The van der Waals surface area contributed by atoms with E-state index in [0.717, 1.165) is 38.9 Å². The molecule has 29 heavy (non-hydrogen) atoms. The number of hydrogen-bond acceptors (Lipinski definition) is 4. The highest BCUT2D eigenvalue weighted by molar-refractivity contribution is 5.22. The summed E-state index contributed by atoms with van der Waals surface area (Å²) in [6.45, 7) is 7.75. The molecule has 2 aliphatic carbocycles. The third-order valence-corrected chi connectivity index (χ3v) is 6.82. The van der Waals surface area contributed by atoms with Gasteiger partial charge in [0.15, 0.2) is 0 Å². The Labute approximate surface area is 179 Å². The largest absolute Gasteiger partial charge is 0.392 e. The second kappa shape index (κ2) is 12.2. The Hall–Kier alpha value is -0.680. The summed E-state index contributed by atoms with van der Waals surface area (Å²) in [6.07, 6.45) is 13.5. The van der Waals surface area contributed by atoms with Gasteiger partial charge < -0.3 is 20.0 Å². The fourth-order valence-corrected chi connectivity index (χ4v) is 5.22. The van der Waals surface area contributed by atoms with Crippen LogP contribution in [-0.2, 0) is 0 Å². The predicted octanol–water partition coefficient (Wildman–Crippen LogP) is 3.95. The van der Waals surface area contributed by atoms with Crippen molar-refractivity contribution in [3.8, 4) is 0 Å². The molecule has 0 spiro atoms. The average Bonchev–Trinajstić information content (AvgIpc) is 3.13. The van der Waals surface area contributed by atoms with Crippen LogP contribution in [0.15, 0.2) is 23.8 Å². The lowest BCUT2D eigenvalue weighted by Crippen LogP contribution is -2.26. The Morgan fingerprint density at radius 3 is 2.66 bits per heavy atom. The molecule has 0 radical (unpaired) electrons. The van der Waals surface area contributed by atoms with E-state index in [2.05, 4.69) is 56.9 Å². The minimum Gasteiger partial charge on any atom is -0.392 e. The van der Waals surface area contributed by atoms with Crippen molar-refractivity contribution in [2.24, 2.45) is 23.7 Å². The molecule has 1 fully saturated rings. The highest BCUT2D eigenvalue weighted by Gasteiger charge is 2.43. The van der Waals surface area contributed by atoms with Crippen molar-refractivity contribution in [1.29, 1.82) is 0 Å². The van der Waals surface area contributed by atoms with Crippen LogP contribution in [0.4, 0.5) is 0 Å². The smallest absolute Gasteiger partial charge is 0.0723 e. The molecule has 0 bridgehead atoms. The molecule has 6 atom stereocenters. The number of rotatable bonds is 13. The topological polar surface area (TPSA) is 46.9 Å². The van der Waals surface area contributed by atoms with Gasteiger partial charge in [0, 0.05) is 12.5 Å². The molecule has 4 heteroatoms. The van der Waals surface area contributed by atoms with Crippen molar-refractivity contribution in [1.82, 2.24) is 9.80 Å². The fraction of sp³-hybridized carbons (Fsp3) is 0.840. The van der Waals surface area contributed by atoms with Gasteiger partial charge in [-0.3, -0.25) is 0 Å². The number of aliphatic hydroxyl groups excluding tert-OH is 2. The van der Waals surface area contributed by atoms with E-state index < -0.39 is 0 Å². The Kier molecular flexibility index (Phi) is 10.4. The Bertz CT molecular complexity index is 531. The van der Waals surface area contributed by atoms with Gasteiger partial charge in [-0.05, 0) is 77.7 Å². The number of fused-ring (bicyclic) bond motifs is 1. The van der Waals surface area contributed by atoms with Crippen LogP contribution in [-0.4, -0.2) is 73.0 Å². The molecule has 0 aromatic carbocycles. The molecule has 0 aliphatic heterocycles. The average molecular weight is 407 g/mol. The highest BCUT2D eigenvalue weighted by Crippen LogP contribution is 2.47. The van der Waals surface area contributed by atoms with E-state index in [1.165, 1.54) is 31.3 Å². The maximum absolute atomic E-state index is 10.6. The minimum absolute atomic E-state index is 0.188. The molecule has 0 aromatic heterocycles. The minimum atomic E-state index is -0.384. The van der Waals surface area contributed by atoms with Gasteiger partial charge in [-0.2, -0.15) is 0 Å². The maximum Gasteiger partial charge on any atom is 0.0723 e. The van der Waals surface area contributed by atoms with Crippen LogP contribution >= 0.6 is 0 Å². The molecule has 0 aromatic rings. The van der Waals surface area contributed by atoms with Crippen molar-refractivity contribution in [3.05, 3.63) is 23.8 Å². The molecule has 4 nitrogen and oxygen atoms in total. The first-order chi connectivity index (χ1) is 13.8. The molecule has 0 amide bonds. The standard InChI is InChI=1S/C25H46N2O2/c1-6-7-9-19(2)14-22(28)10-11-23-24-16-20(15-21(24)17-25(23)29)18-27(5)13-8-12-26(3)4/h10-11,15,19,21-25,28-29H,6-9,12-14,16-18H2,1-5H3/t19-,21-,22+,23+,24-,25+/m0/s1. The summed E-state index contributed by atoms with van der Waals surface area (Å²) >= 11 is 0. The second-order valence-electron chi connectivity index (χ2n) is 10.1. The van der Waals surface area contributed by atoms with Crippen LogP contribution in [0.2, 0.25) is 0 Å². The molecule has 0 unspecified atom stereocenters. The van der Waals surface area contributed by atoms with Gasteiger partial charge in [-0.25, -0.2) is 0 Å². The summed E-state index contributed by atoms with van der Waals surface area (Å²) in [5.41, 5.74) is 1.53. The number of unbranched alkanes of at least 4 members (excludes halogenated alkanes) is 1. The molecule has 2 aliphatic rings. The van der Waals surface area contributed by atoms with E-state index in [0.29, 0.717) is 17.8 Å². The number of hydrogen-bond donors (Lipinski definition) is 2. The van der Waals surface area contributed by atoms with Gasteiger partial charge in [0.05, 0.1) is 12.2 Å². The molecule has 2 N–H and O–H groups in total. The highest BCUT2D eigenvalue weighted by atomic mass is 16.3. The van der Waals surface area contributed by atoms with E-state index in [1.54, 1.807) is 0 Å². The van der Waals surface area contributed by atoms with Crippen LogP contribution < -0.4 is 0 Å². The Morgan fingerprint density at radius 1 is 1.21 bits per heavy atom. The van der Waals surface area contributed by atoms with Gasteiger partial charge in [0.25, 0.3) is 0 Å². The number of likely N-dealkylation sites (N-methyl/N-ethyl adjacent to an activating group) is 1. The zero-order chi connectivity index (χ0) is 21.4. The van der Waals surface area contributed by atoms with E-state index in [-0.39, 0.29) is 18.1 Å². The maximum atomic E-state index is 10.6. The molecule has 1 saturated carbocycles. The lowest BCUT2D eigenvalue weighted by atomic mass is 9.88. The van der Waals surface area contributed by atoms with Gasteiger partial charge in [-0.15, -0.1) is 0 Å². The van der Waals surface area contributed by atoms with Crippen LogP contribution in [0.1, 0.15) is 58.8 Å². The summed E-state index contributed by atoms with van der Waals surface area (Å²) in [5.74, 6) is 1.76. The number of aliphatic hydroxyl groups is 2. The number of allylic oxidation sites excluding steroid dienone is 1. The third kappa shape index (κ3) is 8.16. The summed E-state index contributed by atoms with van der Waals surface area (Å²) in [7, 11) is 6.47. The van der Waals surface area contributed by atoms with Crippen LogP contribution in [0.25, 0.3) is 0 Å². The van der Waals surface area contributed by atoms with Gasteiger partial charge in [0.1, 0.15) is 0 Å². The molecule has 168 valence electrons. The summed E-state index contributed by atoms with van der Waals surface area (Å²) < 4.78 is 0. The lowest BCUT2D eigenvalue weighted by Gasteiger charge is -2.22. The van der Waals surface area contributed by atoms with Crippen molar-refractivity contribution in [3.63, 3.8) is 0 Å². The first kappa shape index (κ1) is 24.6. The zero-order valence-electron chi connectivity index (χ0n) is 19.6. The molecule has 2 rings (SSSR count). The molecular formula is C25H46N2O2. The zero-order valence-corrected chi connectivity index (χ0v) is 19.6. The van der Waals surface area contributed by atoms with Crippen LogP contribution in [0, 0.1) is 23.7 Å². The summed E-state index contributed by atoms with van der Waals surface area (Å²) in [5, 5.41) is 21.0. The normalized spacial score (nSPS) is 29.1. The predicted molar refractivity (Wildman–Crippen MR) is 123 cm³/mol. The van der Waals surface area contributed by atoms with E-state index in [9.17, 15) is 10.2 Å². The van der Waals surface area contributed by atoms with Gasteiger partial charge >= 0.3 is 0 Å². The van der Waals surface area contributed by atoms with E-state index >= 15 is 0 Å². The van der Waals surface area contributed by atoms with Crippen molar-refractivity contribution < 1.29 is 10.2 Å². The van der Waals surface area contributed by atoms with Gasteiger partial charge in [-0.1, -0.05) is 56.9 Å². The van der Waals surface area contributed by atoms with E-state index in [4.69, 9.17) is 0 Å². The SMILES string of the molecule is CCCC[C@H](C)C[C@H](O)C=C[C@@H]1[C@H]2CC(CN(C)CCCN(C)C)=C[C@H]2C[C@H]1O. The summed E-state index contributed by atoms with van der Waals surface area (Å²) in [6, 6.07) is 0. The van der Waals surface area contributed by atoms with Crippen LogP contribution in [0.5, 0.6) is 0 Å². The quantitative estimate of drug-likeness (QED) is 0.455. The van der Waals surface area contributed by atoms with Gasteiger partial charge in [0.2, 0.25) is 0 Å². The first-order valence-corrected chi connectivity index (χ1v) is 11.9. The Morgan fingerprint density at radius 2 is 1.97 bits per heavy atom. The fourth-order valence-electron chi connectivity index (χ4n) is 5.22. The first-order valence-electron chi connectivity index (χ1n) is 11.9. The van der Waals surface area contributed by atoms with E-state index in [1.807, 2.05) is 6.08 Å². The van der Waals surface area contributed by atoms with Crippen LogP contribution in [0.3, 0.4) is 0 Å². The molecular weight excluding hydrogens is 360 g/mol. The molecule has 0 heterocycles. The number of nitrogens with zero attached hydrogens (tertiary/aromatic N) is 2. The third-order valence-electron chi connectivity index (χ3n) is 6.82. The second-order valence-corrected chi connectivity index (χ2v) is 10.1. The van der Waals surface area contributed by atoms with Crippen molar-refractivity contribution in [2.45, 2.75) is 71.0 Å². The summed E-state index contributed by atoms with van der Waals surface area (Å²) in [4.78, 5) is 4.67. The Balaban J connectivity index is 1.80. The van der Waals surface area contributed by atoms with Crippen molar-refractivity contribution in [2.75, 3.05) is 40.8 Å². The monoisotopic (exact) mass is 406 g/mol. The molecule has 0 saturated heterocycles. The lowest BCUT2D eigenvalue weighted by molar-refractivity contribution is 0.139. The van der Waals surface area contributed by atoms with Crippen molar-refractivity contribution >= 4 is 0 Å².